The Balaban J connectivity index is 3.37. The van der Waals surface area contributed by atoms with Crippen molar-refractivity contribution in [2.45, 2.75) is 6.54 Å². The molecule has 0 fully saturated rings. The summed E-state index contributed by atoms with van der Waals surface area (Å²) in [5.74, 6) is -0.546. The lowest BCUT2D eigenvalue weighted by Crippen LogP contribution is -2.02. The number of ether oxygens (including phenoxy) is 1. The molecule has 0 saturated heterocycles. The molecule has 0 aliphatic heterocycles. The fourth-order valence-corrected chi connectivity index (χ4v) is 1.52. The van der Waals surface area contributed by atoms with Crippen molar-refractivity contribution in [3.05, 3.63) is 21.9 Å². The Kier molecular flexibility index (Phi) is 3.11. The van der Waals surface area contributed by atoms with E-state index in [1.165, 1.54) is 7.11 Å². The predicted molar refractivity (Wildman–Crippen MR) is 50.2 cm³/mol. The molecule has 0 amide bonds. The van der Waals surface area contributed by atoms with Crippen LogP contribution in [0.25, 0.3) is 0 Å². The van der Waals surface area contributed by atoms with Gasteiger partial charge in [-0.25, -0.2) is 4.39 Å². The molecule has 0 aromatic heterocycles. The summed E-state index contributed by atoms with van der Waals surface area (Å²) in [6.45, 7) is 0.0178. The van der Waals surface area contributed by atoms with Crippen molar-refractivity contribution in [2.75, 3.05) is 7.11 Å². The average molecular weight is 250 g/mol. The zero-order chi connectivity index (χ0) is 10.0. The van der Waals surface area contributed by atoms with Crippen molar-refractivity contribution in [1.82, 2.24) is 0 Å². The van der Waals surface area contributed by atoms with Gasteiger partial charge in [0.1, 0.15) is 5.82 Å². The van der Waals surface area contributed by atoms with Crippen LogP contribution in [-0.2, 0) is 6.54 Å². The van der Waals surface area contributed by atoms with E-state index in [1.807, 2.05) is 0 Å². The fraction of sp³-hybridized carbons (Fsp3) is 0.250. The molecule has 1 aromatic rings. The number of methoxy groups -OCH3 is 1. The Hall–Kier alpha value is -0.810. The number of benzene rings is 1. The minimum atomic E-state index is -0.496. The maximum Gasteiger partial charge on any atom is 0.172 e. The Bertz CT molecular complexity index is 330. The molecule has 0 bridgehead atoms. The van der Waals surface area contributed by atoms with Gasteiger partial charge in [0.15, 0.2) is 11.5 Å². The van der Waals surface area contributed by atoms with E-state index in [-0.39, 0.29) is 28.1 Å². The molecule has 72 valence electrons. The maximum absolute atomic E-state index is 13.2. The first-order valence-corrected chi connectivity index (χ1v) is 4.35. The smallest absolute Gasteiger partial charge is 0.172 e. The number of phenols is 1. The minimum Gasteiger partial charge on any atom is -0.503 e. The predicted octanol–water partition coefficient (Wildman–Crippen LogP) is 1.76. The highest BCUT2D eigenvalue weighted by atomic mass is 79.9. The van der Waals surface area contributed by atoms with E-state index in [0.717, 1.165) is 6.07 Å². The van der Waals surface area contributed by atoms with Gasteiger partial charge in [0.05, 0.1) is 11.6 Å². The fourth-order valence-electron chi connectivity index (χ4n) is 0.969. The van der Waals surface area contributed by atoms with Crippen molar-refractivity contribution < 1.29 is 14.2 Å². The van der Waals surface area contributed by atoms with Gasteiger partial charge in [-0.05, 0) is 15.9 Å². The second kappa shape index (κ2) is 3.93. The van der Waals surface area contributed by atoms with Crippen molar-refractivity contribution in [3.8, 4) is 11.5 Å². The van der Waals surface area contributed by atoms with E-state index >= 15 is 0 Å². The summed E-state index contributed by atoms with van der Waals surface area (Å²) in [6.07, 6.45) is 0. The normalized spacial score (nSPS) is 10.2. The van der Waals surface area contributed by atoms with Crippen LogP contribution in [0.1, 0.15) is 5.56 Å². The van der Waals surface area contributed by atoms with Crippen LogP contribution in [0.3, 0.4) is 0 Å². The highest BCUT2D eigenvalue weighted by Gasteiger charge is 2.14. The summed E-state index contributed by atoms with van der Waals surface area (Å²) in [4.78, 5) is 0. The number of halogens is 2. The first kappa shape index (κ1) is 10.3. The summed E-state index contributed by atoms with van der Waals surface area (Å²) >= 11 is 3.03. The van der Waals surface area contributed by atoms with Gasteiger partial charge in [-0.15, -0.1) is 0 Å². The third-order valence-electron chi connectivity index (χ3n) is 1.68. The van der Waals surface area contributed by atoms with Crippen LogP contribution in [0.2, 0.25) is 0 Å². The minimum absolute atomic E-state index is 0.0178. The van der Waals surface area contributed by atoms with Gasteiger partial charge in [0, 0.05) is 18.2 Å². The van der Waals surface area contributed by atoms with Crippen LogP contribution in [-0.4, -0.2) is 12.2 Å². The standard InChI is InChI=1S/C8H9BrFNO2/c1-13-6-2-5(10)4(3-11)7(9)8(6)12/h2,12H,3,11H2,1H3. The number of aromatic hydroxyl groups is 1. The molecular formula is C8H9BrFNO2. The number of hydrogen-bond donors (Lipinski definition) is 2. The van der Waals surface area contributed by atoms with Gasteiger partial charge < -0.3 is 15.6 Å². The van der Waals surface area contributed by atoms with Crippen LogP contribution < -0.4 is 10.5 Å². The Morgan fingerprint density at radius 3 is 2.77 bits per heavy atom. The Morgan fingerprint density at radius 1 is 1.69 bits per heavy atom. The molecule has 0 spiro atoms. The van der Waals surface area contributed by atoms with Gasteiger partial charge in [-0.2, -0.15) is 0 Å². The topological polar surface area (TPSA) is 55.5 Å². The number of rotatable bonds is 2. The van der Waals surface area contributed by atoms with Crippen molar-refractivity contribution in [1.29, 1.82) is 0 Å². The highest BCUT2D eigenvalue weighted by Crippen LogP contribution is 2.37. The molecule has 1 rings (SSSR count). The lowest BCUT2D eigenvalue weighted by Gasteiger charge is -2.09. The summed E-state index contributed by atoms with van der Waals surface area (Å²) in [7, 11) is 1.35. The SMILES string of the molecule is COc1cc(F)c(CN)c(Br)c1O. The number of nitrogens with two attached hydrogens (primary N) is 1. The summed E-state index contributed by atoms with van der Waals surface area (Å²) in [6, 6.07) is 1.10. The van der Waals surface area contributed by atoms with E-state index in [9.17, 15) is 9.50 Å². The molecule has 0 radical (unpaired) electrons. The van der Waals surface area contributed by atoms with Gasteiger partial charge in [0.25, 0.3) is 0 Å². The molecule has 0 aliphatic carbocycles. The zero-order valence-electron chi connectivity index (χ0n) is 6.97. The Labute approximate surface area is 83.4 Å². The van der Waals surface area contributed by atoms with Gasteiger partial charge >= 0.3 is 0 Å². The third-order valence-corrected chi connectivity index (χ3v) is 2.53. The summed E-state index contributed by atoms with van der Waals surface area (Å²) in [5.41, 5.74) is 5.52. The number of hydrogen-bond acceptors (Lipinski definition) is 3. The lowest BCUT2D eigenvalue weighted by atomic mass is 10.2. The monoisotopic (exact) mass is 249 g/mol. The lowest BCUT2D eigenvalue weighted by molar-refractivity contribution is 0.367. The second-order valence-corrected chi connectivity index (χ2v) is 3.20. The van der Waals surface area contributed by atoms with Gasteiger partial charge in [-0.3, -0.25) is 0 Å². The van der Waals surface area contributed by atoms with E-state index in [0.29, 0.717) is 0 Å². The first-order valence-electron chi connectivity index (χ1n) is 3.55. The van der Waals surface area contributed by atoms with E-state index in [1.54, 1.807) is 0 Å². The van der Waals surface area contributed by atoms with E-state index in [2.05, 4.69) is 15.9 Å². The number of phenolic OH excluding ortho intramolecular Hbond substituents is 1. The molecule has 0 atom stereocenters. The van der Waals surface area contributed by atoms with Crippen molar-refractivity contribution in [2.24, 2.45) is 5.73 Å². The molecule has 0 heterocycles. The van der Waals surface area contributed by atoms with E-state index in [4.69, 9.17) is 10.5 Å². The van der Waals surface area contributed by atoms with Crippen LogP contribution in [0, 0.1) is 5.82 Å². The second-order valence-electron chi connectivity index (χ2n) is 2.41. The highest BCUT2D eigenvalue weighted by molar-refractivity contribution is 9.10. The quantitative estimate of drug-likeness (QED) is 0.840. The van der Waals surface area contributed by atoms with Gasteiger partial charge in [0.2, 0.25) is 0 Å². The molecular weight excluding hydrogens is 241 g/mol. The maximum atomic E-state index is 13.2. The molecule has 0 unspecified atom stereocenters. The van der Waals surface area contributed by atoms with Crippen molar-refractivity contribution >= 4 is 15.9 Å². The summed E-state index contributed by atoms with van der Waals surface area (Å²) in [5, 5.41) is 9.44. The Morgan fingerprint density at radius 2 is 2.31 bits per heavy atom. The summed E-state index contributed by atoms with van der Waals surface area (Å²) < 4.78 is 18.2. The largest absolute Gasteiger partial charge is 0.503 e. The zero-order valence-corrected chi connectivity index (χ0v) is 8.56. The van der Waals surface area contributed by atoms with E-state index < -0.39 is 5.82 Å². The van der Waals surface area contributed by atoms with Crippen LogP contribution in [0.5, 0.6) is 11.5 Å². The molecule has 1 aromatic carbocycles. The van der Waals surface area contributed by atoms with Crippen molar-refractivity contribution in [3.63, 3.8) is 0 Å². The molecule has 13 heavy (non-hydrogen) atoms. The molecule has 3 nitrogen and oxygen atoms in total. The van der Waals surface area contributed by atoms with Crippen LogP contribution in [0.4, 0.5) is 4.39 Å². The van der Waals surface area contributed by atoms with Gasteiger partial charge in [-0.1, -0.05) is 0 Å². The molecule has 0 saturated carbocycles. The average Bonchev–Trinajstić information content (AvgIpc) is 2.12. The van der Waals surface area contributed by atoms with Crippen LogP contribution >= 0.6 is 15.9 Å². The van der Waals surface area contributed by atoms with Crippen LogP contribution in [0.15, 0.2) is 10.5 Å². The molecule has 3 N–H and O–H groups in total. The molecule has 5 heteroatoms. The third kappa shape index (κ3) is 1.76. The molecule has 0 aliphatic rings. The first-order chi connectivity index (χ1) is 6.11.